The molecule has 1 unspecified atom stereocenters. The molecule has 3 N–H and O–H groups in total. The summed E-state index contributed by atoms with van der Waals surface area (Å²) in [4.78, 5) is 22.4. The van der Waals surface area contributed by atoms with Crippen LogP contribution in [0.25, 0.3) is 28.1 Å². The summed E-state index contributed by atoms with van der Waals surface area (Å²) < 4.78 is 1.95. The minimum absolute atomic E-state index is 0.0821. The van der Waals surface area contributed by atoms with Crippen molar-refractivity contribution in [3.05, 3.63) is 84.9 Å². The summed E-state index contributed by atoms with van der Waals surface area (Å²) in [7, 11) is 1.77. The molecule has 5 rings (SSSR count). The number of imidazole rings is 1. The van der Waals surface area contributed by atoms with Crippen LogP contribution in [0.5, 0.6) is 0 Å². The van der Waals surface area contributed by atoms with E-state index in [1.807, 2.05) is 53.1 Å². The number of rotatable bonds is 7. The predicted octanol–water partition coefficient (Wildman–Crippen LogP) is 3.99. The van der Waals surface area contributed by atoms with Gasteiger partial charge in [-0.3, -0.25) is 9.99 Å². The molecule has 0 saturated carbocycles. The van der Waals surface area contributed by atoms with Crippen molar-refractivity contribution < 1.29 is 0 Å². The second kappa shape index (κ2) is 9.01. The summed E-state index contributed by atoms with van der Waals surface area (Å²) in [6, 6.07) is 20.1. The molecule has 0 fully saturated rings. The average Bonchev–Trinajstić information content (AvgIpc) is 3.28. The molecule has 9 heteroatoms. The number of nitrogens with one attached hydrogen (secondary N) is 3. The number of hydrazine groups is 1. The highest BCUT2D eigenvalue weighted by atomic mass is 15.4. The van der Waals surface area contributed by atoms with Crippen LogP contribution < -0.4 is 16.2 Å². The molecule has 1 atom stereocenters. The van der Waals surface area contributed by atoms with E-state index in [1.54, 1.807) is 25.8 Å². The van der Waals surface area contributed by atoms with Gasteiger partial charge in [0.1, 0.15) is 12.1 Å². The standard InChI is InChI=1S/C24H23N9/c1-16(17-6-4-3-5-7-17)29-23-26-13-11-22(31-23)33-15-28-20-14-18(8-9-21(20)33)19-10-12-27-24(30-19)32-25-2/h3-16,25H,1-2H3,(H,26,29,31)(H,27,30,32). The monoisotopic (exact) mass is 437 g/mol. The lowest BCUT2D eigenvalue weighted by atomic mass is 10.1. The van der Waals surface area contributed by atoms with Gasteiger partial charge in [0.15, 0.2) is 0 Å². The van der Waals surface area contributed by atoms with Crippen molar-refractivity contribution in [3.63, 3.8) is 0 Å². The van der Waals surface area contributed by atoms with E-state index in [0.717, 1.165) is 28.1 Å². The van der Waals surface area contributed by atoms with E-state index in [1.165, 1.54) is 5.56 Å². The maximum atomic E-state index is 4.71. The topological polar surface area (TPSA) is 105 Å². The van der Waals surface area contributed by atoms with Crippen LogP contribution in [0.3, 0.4) is 0 Å². The van der Waals surface area contributed by atoms with Gasteiger partial charge in [-0.15, -0.1) is 0 Å². The van der Waals surface area contributed by atoms with E-state index in [-0.39, 0.29) is 6.04 Å². The van der Waals surface area contributed by atoms with Crippen LogP contribution in [0.4, 0.5) is 11.9 Å². The summed E-state index contributed by atoms with van der Waals surface area (Å²) in [5.74, 6) is 1.81. The first kappa shape index (κ1) is 20.5. The number of hydrogen-bond acceptors (Lipinski definition) is 8. The van der Waals surface area contributed by atoms with Crippen LogP contribution in [0.1, 0.15) is 18.5 Å². The summed E-state index contributed by atoms with van der Waals surface area (Å²) in [6.07, 6.45) is 5.24. The molecule has 164 valence electrons. The maximum absolute atomic E-state index is 4.71. The van der Waals surface area contributed by atoms with Gasteiger partial charge in [-0.2, -0.15) is 4.98 Å². The fourth-order valence-electron chi connectivity index (χ4n) is 3.62. The Hall–Kier alpha value is -4.37. The van der Waals surface area contributed by atoms with Gasteiger partial charge >= 0.3 is 0 Å². The number of anilines is 2. The highest BCUT2D eigenvalue weighted by Gasteiger charge is 2.11. The zero-order chi connectivity index (χ0) is 22.6. The van der Waals surface area contributed by atoms with Crippen molar-refractivity contribution >= 4 is 22.9 Å². The van der Waals surface area contributed by atoms with Crippen LogP contribution in [0.15, 0.2) is 79.4 Å². The molecule has 0 amide bonds. The molecule has 0 aliphatic carbocycles. The van der Waals surface area contributed by atoms with Crippen LogP contribution in [0, 0.1) is 0 Å². The first-order valence-electron chi connectivity index (χ1n) is 10.6. The fourth-order valence-corrected chi connectivity index (χ4v) is 3.62. The number of fused-ring (bicyclic) bond motifs is 1. The SMILES string of the molecule is CNNc1nccc(-c2ccc3c(c2)ncn3-c2ccnc(NC(C)c3ccccc3)n2)n1. The summed E-state index contributed by atoms with van der Waals surface area (Å²) in [6.45, 7) is 2.09. The normalized spacial score (nSPS) is 11.9. The molecule has 0 spiro atoms. The van der Waals surface area contributed by atoms with E-state index >= 15 is 0 Å². The Balaban J connectivity index is 1.43. The summed E-state index contributed by atoms with van der Waals surface area (Å²) >= 11 is 0. The fraction of sp³-hybridized carbons (Fsp3) is 0.125. The van der Waals surface area contributed by atoms with Crippen molar-refractivity contribution in [2.24, 2.45) is 0 Å². The van der Waals surface area contributed by atoms with Crippen LogP contribution in [-0.4, -0.2) is 36.5 Å². The lowest BCUT2D eigenvalue weighted by Crippen LogP contribution is -2.17. The average molecular weight is 438 g/mol. The van der Waals surface area contributed by atoms with Gasteiger partial charge in [-0.25, -0.2) is 25.4 Å². The number of nitrogens with zero attached hydrogens (tertiary/aromatic N) is 6. The second-order valence-electron chi connectivity index (χ2n) is 7.47. The van der Waals surface area contributed by atoms with Gasteiger partial charge in [-0.05, 0) is 36.8 Å². The van der Waals surface area contributed by atoms with Gasteiger partial charge < -0.3 is 5.32 Å². The van der Waals surface area contributed by atoms with Gasteiger partial charge in [0.25, 0.3) is 0 Å². The minimum Gasteiger partial charge on any atom is -0.348 e. The molecule has 2 aromatic carbocycles. The molecule has 0 radical (unpaired) electrons. The molecule has 0 saturated heterocycles. The molecule has 3 heterocycles. The quantitative estimate of drug-likeness (QED) is 0.328. The molecule has 0 bridgehead atoms. The highest BCUT2D eigenvalue weighted by molar-refractivity contribution is 5.82. The van der Waals surface area contributed by atoms with E-state index in [4.69, 9.17) is 4.98 Å². The Bertz CT molecular complexity index is 1380. The Labute approximate surface area is 191 Å². The Morgan fingerprint density at radius 1 is 0.848 bits per heavy atom. The van der Waals surface area contributed by atoms with E-state index < -0.39 is 0 Å². The van der Waals surface area contributed by atoms with E-state index in [0.29, 0.717) is 11.9 Å². The van der Waals surface area contributed by atoms with Crippen molar-refractivity contribution in [2.45, 2.75) is 13.0 Å². The molecule has 0 aliphatic heterocycles. The minimum atomic E-state index is 0.0821. The van der Waals surface area contributed by atoms with Gasteiger partial charge in [-0.1, -0.05) is 36.4 Å². The molecular weight excluding hydrogens is 414 g/mol. The van der Waals surface area contributed by atoms with Crippen molar-refractivity contribution in [2.75, 3.05) is 17.8 Å². The molecule has 0 aliphatic rings. The third-order valence-corrected chi connectivity index (χ3v) is 5.27. The Morgan fingerprint density at radius 2 is 1.67 bits per heavy atom. The highest BCUT2D eigenvalue weighted by Crippen LogP contribution is 2.25. The maximum Gasteiger partial charge on any atom is 0.237 e. The van der Waals surface area contributed by atoms with Gasteiger partial charge in [0.2, 0.25) is 11.9 Å². The number of hydrogen-bond donors (Lipinski definition) is 3. The van der Waals surface area contributed by atoms with Crippen LogP contribution in [0.2, 0.25) is 0 Å². The van der Waals surface area contributed by atoms with Crippen molar-refractivity contribution in [3.8, 4) is 17.1 Å². The molecule has 9 nitrogen and oxygen atoms in total. The summed E-state index contributed by atoms with van der Waals surface area (Å²) in [5.41, 5.74) is 10.5. The molecular formula is C24H23N9. The third kappa shape index (κ3) is 4.35. The van der Waals surface area contributed by atoms with E-state index in [2.05, 4.69) is 55.2 Å². The largest absolute Gasteiger partial charge is 0.348 e. The number of aromatic nitrogens is 6. The first-order chi connectivity index (χ1) is 16.2. The Kier molecular flexibility index (Phi) is 5.61. The van der Waals surface area contributed by atoms with Crippen LogP contribution >= 0.6 is 0 Å². The molecule has 33 heavy (non-hydrogen) atoms. The Morgan fingerprint density at radius 3 is 2.52 bits per heavy atom. The third-order valence-electron chi connectivity index (χ3n) is 5.27. The first-order valence-corrected chi connectivity index (χ1v) is 10.6. The lowest BCUT2D eigenvalue weighted by molar-refractivity contribution is 0.854. The smallest absolute Gasteiger partial charge is 0.237 e. The molecule has 3 aromatic heterocycles. The zero-order valence-corrected chi connectivity index (χ0v) is 18.3. The second-order valence-corrected chi connectivity index (χ2v) is 7.47. The molecule has 5 aromatic rings. The lowest BCUT2D eigenvalue weighted by Gasteiger charge is -2.14. The van der Waals surface area contributed by atoms with Crippen molar-refractivity contribution in [1.29, 1.82) is 0 Å². The van der Waals surface area contributed by atoms with Gasteiger partial charge in [0, 0.05) is 25.0 Å². The zero-order valence-electron chi connectivity index (χ0n) is 18.3. The number of benzene rings is 2. The van der Waals surface area contributed by atoms with Gasteiger partial charge in [0.05, 0.1) is 22.8 Å². The van der Waals surface area contributed by atoms with Crippen molar-refractivity contribution in [1.82, 2.24) is 34.9 Å². The van der Waals surface area contributed by atoms with Crippen LogP contribution in [-0.2, 0) is 0 Å². The summed E-state index contributed by atoms with van der Waals surface area (Å²) in [5, 5.41) is 3.37. The van der Waals surface area contributed by atoms with E-state index in [9.17, 15) is 0 Å². The predicted molar refractivity (Wildman–Crippen MR) is 129 cm³/mol.